The molecule has 0 rings (SSSR count). The van der Waals surface area contributed by atoms with Gasteiger partial charge in [0.25, 0.3) is 0 Å². The number of hydrogen-bond donors (Lipinski definition) is 0. The van der Waals surface area contributed by atoms with Gasteiger partial charge in [-0.15, -0.1) is 0 Å². The van der Waals surface area contributed by atoms with Crippen LogP contribution in [0.15, 0.2) is 0 Å². The Morgan fingerprint density at radius 3 is 0.766 bits per heavy atom. The zero-order valence-electron chi connectivity index (χ0n) is 43.8. The molecule has 0 unspecified atom stereocenters. The number of carbonyl (C=O) groups is 3. The van der Waals surface area contributed by atoms with E-state index in [2.05, 4.69) is 27.7 Å². The smallest absolute Gasteiger partial charge is 0.306 e. The van der Waals surface area contributed by atoms with Crippen molar-refractivity contribution in [2.45, 2.75) is 336 Å². The first-order chi connectivity index (χ1) is 31.4. The fourth-order valence-electron chi connectivity index (χ4n) is 8.92. The maximum atomic E-state index is 12.8. The number of esters is 3. The topological polar surface area (TPSA) is 78.9 Å². The van der Waals surface area contributed by atoms with E-state index in [1.54, 1.807) is 0 Å². The van der Waals surface area contributed by atoms with E-state index in [0.29, 0.717) is 19.3 Å². The molecule has 0 radical (unpaired) electrons. The van der Waals surface area contributed by atoms with Crippen LogP contribution in [0.1, 0.15) is 329 Å². The monoisotopic (exact) mass is 905 g/mol. The first-order valence-electron chi connectivity index (χ1n) is 28.9. The zero-order valence-corrected chi connectivity index (χ0v) is 43.8. The standard InChI is InChI=1S/C58H112O6/c1-5-7-9-11-13-15-17-19-21-27-31-35-39-43-47-51-58(61)64-55(52-62-56(59)49-45-41-37-33-29-24-18-16-14-12-10-8-6-2)53-63-57(60)50-46-42-38-34-30-26-23-20-22-25-28-32-36-40-44-48-54(3)4/h54-55H,5-53H2,1-4H3/t55-/m1/s1. The summed E-state index contributed by atoms with van der Waals surface area (Å²) in [6.07, 6.45) is 56.6. The lowest BCUT2D eigenvalue weighted by atomic mass is 10.0. The lowest BCUT2D eigenvalue weighted by molar-refractivity contribution is -0.167. The van der Waals surface area contributed by atoms with Crippen molar-refractivity contribution in [1.29, 1.82) is 0 Å². The highest BCUT2D eigenvalue weighted by Gasteiger charge is 2.19. The SMILES string of the molecule is CCCCCCCCCCCCCCCCCC(=O)O[C@H](COC(=O)CCCCCCCCCCCCCCC)COC(=O)CCCCCCCCCCCCCCCCCC(C)C. The van der Waals surface area contributed by atoms with Gasteiger partial charge in [0.05, 0.1) is 0 Å². The number of rotatable bonds is 53. The van der Waals surface area contributed by atoms with Crippen molar-refractivity contribution in [3.63, 3.8) is 0 Å². The van der Waals surface area contributed by atoms with E-state index in [1.807, 2.05) is 0 Å². The average molecular weight is 906 g/mol. The number of carbonyl (C=O) groups excluding carboxylic acids is 3. The molecule has 0 saturated heterocycles. The molecule has 0 amide bonds. The van der Waals surface area contributed by atoms with Gasteiger partial charge in [-0.1, -0.05) is 291 Å². The molecule has 6 nitrogen and oxygen atoms in total. The molecular formula is C58H112O6. The van der Waals surface area contributed by atoms with Gasteiger partial charge in [-0.25, -0.2) is 0 Å². The minimum absolute atomic E-state index is 0.0618. The van der Waals surface area contributed by atoms with Crippen LogP contribution in [-0.4, -0.2) is 37.2 Å². The summed E-state index contributed by atoms with van der Waals surface area (Å²) >= 11 is 0. The van der Waals surface area contributed by atoms with Crippen LogP contribution in [-0.2, 0) is 28.6 Å². The highest BCUT2D eigenvalue weighted by atomic mass is 16.6. The lowest BCUT2D eigenvalue weighted by Gasteiger charge is -2.18. The van der Waals surface area contributed by atoms with E-state index in [4.69, 9.17) is 14.2 Å². The van der Waals surface area contributed by atoms with Gasteiger partial charge >= 0.3 is 17.9 Å². The second kappa shape index (κ2) is 52.4. The molecule has 1 atom stereocenters. The summed E-state index contributed by atoms with van der Waals surface area (Å²) in [7, 11) is 0. The molecule has 0 spiro atoms. The highest BCUT2D eigenvalue weighted by molar-refractivity contribution is 5.71. The maximum absolute atomic E-state index is 12.8. The molecule has 0 aliphatic rings. The molecule has 0 aromatic carbocycles. The predicted molar refractivity (Wildman–Crippen MR) is 275 cm³/mol. The highest BCUT2D eigenvalue weighted by Crippen LogP contribution is 2.18. The van der Waals surface area contributed by atoms with Gasteiger partial charge < -0.3 is 14.2 Å². The molecule has 64 heavy (non-hydrogen) atoms. The Morgan fingerprint density at radius 1 is 0.297 bits per heavy atom. The normalized spacial score (nSPS) is 12.0. The summed E-state index contributed by atoms with van der Waals surface area (Å²) in [6, 6.07) is 0. The molecule has 0 aromatic heterocycles. The molecule has 0 aliphatic carbocycles. The Bertz CT molecular complexity index is 964. The van der Waals surface area contributed by atoms with Crippen LogP contribution in [0, 0.1) is 5.92 Å². The predicted octanol–water partition coefficient (Wildman–Crippen LogP) is 19.0. The van der Waals surface area contributed by atoms with Crippen molar-refractivity contribution in [1.82, 2.24) is 0 Å². The third-order valence-electron chi connectivity index (χ3n) is 13.3. The molecular weight excluding hydrogens is 793 g/mol. The van der Waals surface area contributed by atoms with Gasteiger partial charge in [0, 0.05) is 19.3 Å². The van der Waals surface area contributed by atoms with Crippen LogP contribution < -0.4 is 0 Å². The first-order valence-corrected chi connectivity index (χ1v) is 28.9. The van der Waals surface area contributed by atoms with E-state index in [1.165, 1.54) is 225 Å². The van der Waals surface area contributed by atoms with Crippen LogP contribution in [0.4, 0.5) is 0 Å². The van der Waals surface area contributed by atoms with Gasteiger partial charge in [0.2, 0.25) is 0 Å². The van der Waals surface area contributed by atoms with Crippen molar-refractivity contribution >= 4 is 17.9 Å². The molecule has 0 bridgehead atoms. The Labute approximate surface area is 399 Å². The second-order valence-electron chi connectivity index (χ2n) is 20.4. The number of unbranched alkanes of at least 4 members (excludes halogenated alkanes) is 40. The fourth-order valence-corrected chi connectivity index (χ4v) is 8.92. The van der Waals surface area contributed by atoms with Gasteiger partial charge in [-0.2, -0.15) is 0 Å². The average Bonchev–Trinajstić information content (AvgIpc) is 3.28. The van der Waals surface area contributed by atoms with Crippen LogP contribution in [0.3, 0.4) is 0 Å². The van der Waals surface area contributed by atoms with Crippen molar-refractivity contribution in [3.05, 3.63) is 0 Å². The number of ether oxygens (including phenoxy) is 3. The molecule has 0 heterocycles. The first kappa shape index (κ1) is 62.4. The van der Waals surface area contributed by atoms with Crippen LogP contribution >= 0.6 is 0 Å². The van der Waals surface area contributed by atoms with Crippen molar-refractivity contribution < 1.29 is 28.6 Å². The molecule has 380 valence electrons. The zero-order chi connectivity index (χ0) is 46.7. The van der Waals surface area contributed by atoms with Gasteiger partial charge in [0.1, 0.15) is 13.2 Å². The molecule has 0 aromatic rings. The van der Waals surface area contributed by atoms with E-state index >= 15 is 0 Å². The summed E-state index contributed by atoms with van der Waals surface area (Å²) in [5, 5.41) is 0. The third-order valence-corrected chi connectivity index (χ3v) is 13.3. The van der Waals surface area contributed by atoms with Crippen molar-refractivity contribution in [2.24, 2.45) is 5.92 Å². The summed E-state index contributed by atoms with van der Waals surface area (Å²) in [5.74, 6) is 0.0144. The van der Waals surface area contributed by atoms with Gasteiger partial charge in [-0.3, -0.25) is 14.4 Å². The summed E-state index contributed by atoms with van der Waals surface area (Å²) < 4.78 is 16.9. The largest absolute Gasteiger partial charge is 0.462 e. The van der Waals surface area contributed by atoms with Crippen molar-refractivity contribution in [2.75, 3.05) is 13.2 Å². The van der Waals surface area contributed by atoms with Crippen LogP contribution in [0.25, 0.3) is 0 Å². The molecule has 0 aliphatic heterocycles. The van der Waals surface area contributed by atoms with Crippen LogP contribution in [0.5, 0.6) is 0 Å². The molecule has 0 saturated carbocycles. The minimum atomic E-state index is -0.761. The maximum Gasteiger partial charge on any atom is 0.306 e. The summed E-state index contributed by atoms with van der Waals surface area (Å²) in [5.41, 5.74) is 0. The fraction of sp³-hybridized carbons (Fsp3) is 0.948. The summed E-state index contributed by atoms with van der Waals surface area (Å²) in [4.78, 5) is 38.1. The summed E-state index contributed by atoms with van der Waals surface area (Å²) in [6.45, 7) is 9.07. The van der Waals surface area contributed by atoms with Crippen molar-refractivity contribution in [3.8, 4) is 0 Å². The lowest BCUT2D eigenvalue weighted by Crippen LogP contribution is -2.30. The molecule has 0 N–H and O–H groups in total. The van der Waals surface area contributed by atoms with Crippen LogP contribution in [0.2, 0.25) is 0 Å². The quantitative estimate of drug-likeness (QED) is 0.0344. The molecule has 6 heteroatoms. The Morgan fingerprint density at radius 2 is 0.516 bits per heavy atom. The second-order valence-corrected chi connectivity index (χ2v) is 20.4. The van der Waals surface area contributed by atoms with E-state index in [9.17, 15) is 14.4 Å². The van der Waals surface area contributed by atoms with Gasteiger partial charge in [0.15, 0.2) is 6.10 Å². The third kappa shape index (κ3) is 51.4. The van der Waals surface area contributed by atoms with E-state index in [0.717, 1.165) is 63.7 Å². The van der Waals surface area contributed by atoms with E-state index in [-0.39, 0.29) is 31.1 Å². The Hall–Kier alpha value is -1.59. The Balaban J connectivity index is 4.28. The van der Waals surface area contributed by atoms with Gasteiger partial charge in [-0.05, 0) is 25.2 Å². The minimum Gasteiger partial charge on any atom is -0.462 e. The number of hydrogen-bond acceptors (Lipinski definition) is 6. The van der Waals surface area contributed by atoms with E-state index < -0.39 is 6.10 Å². The Kier molecular flexibility index (Phi) is 51.1. The molecule has 0 fully saturated rings.